The van der Waals surface area contributed by atoms with Gasteiger partial charge in [0.1, 0.15) is 0 Å². The highest BCUT2D eigenvalue weighted by Gasteiger charge is 2.09. The summed E-state index contributed by atoms with van der Waals surface area (Å²) in [5.74, 6) is -0.0503. The van der Waals surface area contributed by atoms with Crippen molar-refractivity contribution < 1.29 is 4.79 Å². The van der Waals surface area contributed by atoms with Crippen LogP contribution in [0.2, 0.25) is 0 Å². The molecule has 3 nitrogen and oxygen atoms in total. The molecule has 0 atom stereocenters. The smallest absolute Gasteiger partial charge is 0.265 e. The van der Waals surface area contributed by atoms with Crippen molar-refractivity contribution in [2.24, 2.45) is 0 Å². The molecule has 0 aliphatic rings. The van der Waals surface area contributed by atoms with Crippen molar-refractivity contribution in [2.75, 3.05) is 24.3 Å². The highest BCUT2D eigenvalue weighted by atomic mass is 32.1. The Hall–Kier alpha value is -1.81. The van der Waals surface area contributed by atoms with Crippen molar-refractivity contribution in [1.29, 1.82) is 0 Å². The molecule has 0 saturated heterocycles. The normalized spacial score (nSPS) is 10.2. The summed E-state index contributed by atoms with van der Waals surface area (Å²) in [6.07, 6.45) is 0. The van der Waals surface area contributed by atoms with Gasteiger partial charge in [0.05, 0.1) is 4.88 Å². The first-order valence-electron chi connectivity index (χ1n) is 5.71. The molecular formula is C14H16N2OS. The summed E-state index contributed by atoms with van der Waals surface area (Å²) in [4.78, 5) is 14.7. The maximum Gasteiger partial charge on any atom is 0.265 e. The van der Waals surface area contributed by atoms with Crippen LogP contribution in [-0.4, -0.2) is 20.0 Å². The quantitative estimate of drug-likeness (QED) is 0.917. The Kier molecular flexibility index (Phi) is 3.67. The molecule has 1 amide bonds. The third kappa shape index (κ3) is 2.71. The molecule has 0 radical (unpaired) electrons. The number of hydrogen-bond acceptors (Lipinski definition) is 3. The SMILES string of the molecule is Cc1cc(N(C)C)ccc1NC(=O)c1cccs1. The zero-order valence-corrected chi connectivity index (χ0v) is 11.5. The molecule has 0 unspecified atom stereocenters. The molecule has 1 aromatic carbocycles. The summed E-state index contributed by atoms with van der Waals surface area (Å²) in [6, 6.07) is 9.70. The molecule has 1 N–H and O–H groups in total. The van der Waals surface area contributed by atoms with Crippen LogP contribution in [-0.2, 0) is 0 Å². The topological polar surface area (TPSA) is 32.3 Å². The number of nitrogens with one attached hydrogen (secondary N) is 1. The van der Waals surface area contributed by atoms with Gasteiger partial charge < -0.3 is 10.2 Å². The first kappa shape index (κ1) is 12.6. The number of carbonyl (C=O) groups is 1. The lowest BCUT2D eigenvalue weighted by molar-refractivity contribution is 0.103. The van der Waals surface area contributed by atoms with Gasteiger partial charge in [-0.2, -0.15) is 0 Å². The predicted molar refractivity (Wildman–Crippen MR) is 77.8 cm³/mol. The van der Waals surface area contributed by atoms with E-state index in [9.17, 15) is 4.79 Å². The summed E-state index contributed by atoms with van der Waals surface area (Å²) in [7, 11) is 4.00. The Balaban J connectivity index is 2.17. The largest absolute Gasteiger partial charge is 0.378 e. The second-order valence-corrected chi connectivity index (χ2v) is 5.27. The van der Waals surface area contributed by atoms with Gasteiger partial charge in [-0.25, -0.2) is 0 Å². The highest BCUT2D eigenvalue weighted by molar-refractivity contribution is 7.12. The van der Waals surface area contributed by atoms with Gasteiger partial charge in [0.2, 0.25) is 0 Å². The van der Waals surface area contributed by atoms with Crippen LogP contribution in [0, 0.1) is 6.92 Å². The molecular weight excluding hydrogens is 244 g/mol. The van der Waals surface area contributed by atoms with Gasteiger partial charge in [-0.05, 0) is 42.1 Å². The van der Waals surface area contributed by atoms with E-state index >= 15 is 0 Å². The van der Waals surface area contributed by atoms with Crippen molar-refractivity contribution in [3.63, 3.8) is 0 Å². The van der Waals surface area contributed by atoms with Crippen molar-refractivity contribution >= 4 is 28.6 Å². The molecule has 0 saturated carbocycles. The maximum absolute atomic E-state index is 11.9. The third-order valence-corrected chi connectivity index (χ3v) is 3.59. The number of benzene rings is 1. The van der Waals surface area contributed by atoms with Gasteiger partial charge in [-0.15, -0.1) is 11.3 Å². The average Bonchev–Trinajstić information content (AvgIpc) is 2.85. The maximum atomic E-state index is 11.9. The average molecular weight is 260 g/mol. The molecule has 1 heterocycles. The molecule has 94 valence electrons. The minimum absolute atomic E-state index is 0.0503. The standard InChI is InChI=1S/C14H16N2OS/c1-10-9-11(16(2)3)6-7-12(10)15-14(17)13-5-4-8-18-13/h4-9H,1-3H3,(H,15,17). The number of anilines is 2. The molecule has 0 fully saturated rings. The van der Waals surface area contributed by atoms with E-state index in [1.54, 1.807) is 0 Å². The van der Waals surface area contributed by atoms with Crippen molar-refractivity contribution in [2.45, 2.75) is 6.92 Å². The van der Waals surface area contributed by atoms with E-state index in [1.165, 1.54) is 11.3 Å². The van der Waals surface area contributed by atoms with Crippen LogP contribution in [0.25, 0.3) is 0 Å². The Morgan fingerprint density at radius 3 is 2.61 bits per heavy atom. The van der Waals surface area contributed by atoms with Gasteiger partial charge in [-0.1, -0.05) is 6.07 Å². The molecule has 0 spiro atoms. The lowest BCUT2D eigenvalue weighted by Gasteiger charge is -2.15. The van der Waals surface area contributed by atoms with Crippen molar-refractivity contribution in [3.05, 3.63) is 46.2 Å². The van der Waals surface area contributed by atoms with Crippen LogP contribution < -0.4 is 10.2 Å². The van der Waals surface area contributed by atoms with E-state index in [-0.39, 0.29) is 5.91 Å². The summed E-state index contributed by atoms with van der Waals surface area (Å²) in [5.41, 5.74) is 3.05. The van der Waals surface area contributed by atoms with Gasteiger partial charge >= 0.3 is 0 Å². The van der Waals surface area contributed by atoms with Crippen LogP contribution in [0.1, 0.15) is 15.2 Å². The first-order valence-corrected chi connectivity index (χ1v) is 6.59. The van der Waals surface area contributed by atoms with Crippen LogP contribution in [0.15, 0.2) is 35.7 Å². The number of thiophene rings is 1. The number of rotatable bonds is 3. The second-order valence-electron chi connectivity index (χ2n) is 4.33. The van der Waals surface area contributed by atoms with E-state index in [0.717, 1.165) is 21.8 Å². The van der Waals surface area contributed by atoms with E-state index in [1.807, 2.05) is 55.6 Å². The molecule has 18 heavy (non-hydrogen) atoms. The van der Waals surface area contributed by atoms with E-state index < -0.39 is 0 Å². The zero-order valence-electron chi connectivity index (χ0n) is 10.7. The summed E-state index contributed by atoms with van der Waals surface area (Å²) >= 11 is 1.44. The van der Waals surface area contributed by atoms with E-state index in [4.69, 9.17) is 0 Å². The number of aryl methyl sites for hydroxylation is 1. The molecule has 0 aliphatic carbocycles. The molecule has 1 aromatic heterocycles. The van der Waals surface area contributed by atoms with Gasteiger partial charge in [-0.3, -0.25) is 4.79 Å². The van der Waals surface area contributed by atoms with E-state index in [0.29, 0.717) is 0 Å². The van der Waals surface area contributed by atoms with Crippen molar-refractivity contribution in [3.8, 4) is 0 Å². The predicted octanol–water partition coefficient (Wildman–Crippen LogP) is 3.37. The summed E-state index contributed by atoms with van der Waals surface area (Å²) in [6.45, 7) is 2.00. The molecule has 0 bridgehead atoms. The second kappa shape index (κ2) is 5.23. The minimum Gasteiger partial charge on any atom is -0.378 e. The number of nitrogens with zero attached hydrogens (tertiary/aromatic N) is 1. The summed E-state index contributed by atoms with van der Waals surface area (Å²) in [5, 5.41) is 4.83. The minimum atomic E-state index is -0.0503. The molecule has 4 heteroatoms. The number of carbonyl (C=O) groups excluding carboxylic acids is 1. The number of hydrogen-bond donors (Lipinski definition) is 1. The Morgan fingerprint density at radius 2 is 2.06 bits per heavy atom. The first-order chi connectivity index (χ1) is 8.58. The van der Waals surface area contributed by atoms with Gasteiger partial charge in [0, 0.05) is 25.5 Å². The van der Waals surface area contributed by atoms with Crippen LogP contribution in [0.5, 0.6) is 0 Å². The third-order valence-electron chi connectivity index (χ3n) is 2.72. The van der Waals surface area contributed by atoms with Crippen molar-refractivity contribution in [1.82, 2.24) is 0 Å². The Morgan fingerprint density at radius 1 is 1.28 bits per heavy atom. The number of amides is 1. The fraction of sp³-hybridized carbons (Fsp3) is 0.214. The lowest BCUT2D eigenvalue weighted by Crippen LogP contribution is -2.12. The molecule has 2 rings (SSSR count). The van der Waals surface area contributed by atoms with Gasteiger partial charge in [0.25, 0.3) is 5.91 Å². The fourth-order valence-corrected chi connectivity index (χ4v) is 2.28. The van der Waals surface area contributed by atoms with Crippen LogP contribution in [0.4, 0.5) is 11.4 Å². The summed E-state index contributed by atoms with van der Waals surface area (Å²) < 4.78 is 0. The highest BCUT2D eigenvalue weighted by Crippen LogP contribution is 2.22. The fourth-order valence-electron chi connectivity index (χ4n) is 1.66. The molecule has 2 aromatic rings. The van der Waals surface area contributed by atoms with Gasteiger partial charge in [0.15, 0.2) is 0 Å². The van der Waals surface area contributed by atoms with E-state index in [2.05, 4.69) is 11.4 Å². The Labute approximate surface area is 111 Å². The zero-order chi connectivity index (χ0) is 13.1. The van der Waals surface area contributed by atoms with Crippen LogP contribution in [0.3, 0.4) is 0 Å². The lowest BCUT2D eigenvalue weighted by atomic mass is 10.1. The Bertz CT molecular complexity index is 547. The monoisotopic (exact) mass is 260 g/mol. The van der Waals surface area contributed by atoms with Crippen LogP contribution >= 0.6 is 11.3 Å². The molecule has 0 aliphatic heterocycles.